The van der Waals surface area contributed by atoms with Gasteiger partial charge in [0, 0.05) is 38.5 Å². The van der Waals surface area contributed by atoms with Gasteiger partial charge in [-0.15, -0.1) is 11.3 Å². The predicted molar refractivity (Wildman–Crippen MR) is 130 cm³/mol. The molecule has 0 N–H and O–H groups in total. The molecule has 1 unspecified atom stereocenters. The quantitative estimate of drug-likeness (QED) is 0.597. The minimum absolute atomic E-state index is 0.00507. The second-order valence-corrected chi connectivity index (χ2v) is 9.71. The van der Waals surface area contributed by atoms with Crippen molar-refractivity contribution in [1.29, 1.82) is 0 Å². The maximum Gasteiger partial charge on any atom is 0.262 e. The smallest absolute Gasteiger partial charge is 0.262 e. The van der Waals surface area contributed by atoms with Gasteiger partial charge in [-0.1, -0.05) is 50.2 Å². The van der Waals surface area contributed by atoms with Crippen LogP contribution in [0.3, 0.4) is 0 Å². The molecule has 7 nitrogen and oxygen atoms in total. The van der Waals surface area contributed by atoms with Crippen molar-refractivity contribution >= 4 is 28.9 Å². The molecule has 0 radical (unpaired) electrons. The molecule has 8 heteroatoms. The summed E-state index contributed by atoms with van der Waals surface area (Å²) in [5.41, 5.74) is 1.97. The number of carbonyl (C=O) groups excluding carboxylic acids is 2. The lowest BCUT2D eigenvalue weighted by atomic mass is 10.0. The number of benzene rings is 1. The van der Waals surface area contributed by atoms with Crippen molar-refractivity contribution in [2.75, 3.05) is 45.9 Å². The Labute approximate surface area is 199 Å². The minimum atomic E-state index is -0.170. The molecular formula is C25H32N4O3S. The van der Waals surface area contributed by atoms with Gasteiger partial charge >= 0.3 is 0 Å². The fraction of sp³-hybridized carbons (Fsp3) is 0.480. The molecule has 0 aliphatic carbocycles. The molecule has 3 heterocycles. The van der Waals surface area contributed by atoms with Crippen LogP contribution in [0.4, 0.5) is 0 Å². The van der Waals surface area contributed by atoms with E-state index in [-0.39, 0.29) is 30.3 Å². The molecule has 2 aliphatic heterocycles. The molecule has 2 aliphatic rings. The van der Waals surface area contributed by atoms with E-state index in [0.717, 1.165) is 35.8 Å². The molecule has 0 bridgehead atoms. The monoisotopic (exact) mass is 468 g/mol. The second-order valence-electron chi connectivity index (χ2n) is 8.76. The van der Waals surface area contributed by atoms with Gasteiger partial charge in [0.05, 0.1) is 29.8 Å². The highest BCUT2D eigenvalue weighted by molar-refractivity contribution is 7.12. The predicted octanol–water partition coefficient (Wildman–Crippen LogP) is 3.24. The van der Waals surface area contributed by atoms with E-state index in [1.807, 2.05) is 61.7 Å². The van der Waals surface area contributed by atoms with E-state index in [1.165, 1.54) is 0 Å². The number of amides is 2. The summed E-state index contributed by atoms with van der Waals surface area (Å²) in [5, 5.41) is 8.36. The van der Waals surface area contributed by atoms with Gasteiger partial charge < -0.3 is 9.64 Å². The Morgan fingerprint density at radius 3 is 2.58 bits per heavy atom. The number of nitrogens with zero attached hydrogens (tertiary/aromatic N) is 4. The van der Waals surface area contributed by atoms with Crippen LogP contribution in [0.2, 0.25) is 0 Å². The van der Waals surface area contributed by atoms with Crippen LogP contribution in [0.25, 0.3) is 0 Å². The van der Waals surface area contributed by atoms with Gasteiger partial charge in [-0.2, -0.15) is 5.10 Å². The third-order valence-corrected chi connectivity index (χ3v) is 7.00. The van der Waals surface area contributed by atoms with Gasteiger partial charge in [-0.05, 0) is 17.0 Å². The van der Waals surface area contributed by atoms with E-state index in [9.17, 15) is 9.59 Å². The van der Waals surface area contributed by atoms with Gasteiger partial charge in [0.15, 0.2) is 0 Å². The molecule has 33 heavy (non-hydrogen) atoms. The van der Waals surface area contributed by atoms with Crippen molar-refractivity contribution in [1.82, 2.24) is 14.8 Å². The highest BCUT2D eigenvalue weighted by Crippen LogP contribution is 2.33. The van der Waals surface area contributed by atoms with Gasteiger partial charge in [0.2, 0.25) is 5.91 Å². The zero-order valence-electron chi connectivity index (χ0n) is 19.4. The minimum Gasteiger partial charge on any atom is -0.379 e. The van der Waals surface area contributed by atoms with Crippen LogP contribution < -0.4 is 0 Å². The largest absolute Gasteiger partial charge is 0.379 e. The molecule has 2 amide bonds. The van der Waals surface area contributed by atoms with Crippen molar-refractivity contribution in [3.8, 4) is 0 Å². The van der Waals surface area contributed by atoms with E-state index in [1.54, 1.807) is 21.2 Å². The molecule has 1 aromatic carbocycles. The molecule has 1 atom stereocenters. The van der Waals surface area contributed by atoms with Crippen molar-refractivity contribution in [2.45, 2.75) is 26.3 Å². The van der Waals surface area contributed by atoms with Gasteiger partial charge in [0.1, 0.15) is 6.54 Å². The molecule has 4 rings (SSSR count). The summed E-state index contributed by atoms with van der Waals surface area (Å²) in [6, 6.07) is 13.9. The van der Waals surface area contributed by atoms with Crippen LogP contribution in [0, 0.1) is 5.92 Å². The van der Waals surface area contributed by atoms with Gasteiger partial charge in [-0.25, -0.2) is 5.01 Å². The van der Waals surface area contributed by atoms with E-state index in [0.29, 0.717) is 26.2 Å². The maximum atomic E-state index is 13.5. The summed E-state index contributed by atoms with van der Waals surface area (Å²) in [7, 11) is 0. The summed E-state index contributed by atoms with van der Waals surface area (Å²) in [6.07, 6.45) is 0.669. The summed E-state index contributed by atoms with van der Waals surface area (Å²) >= 11 is 1.63. The number of rotatable bonds is 8. The molecule has 1 fully saturated rings. The molecular weight excluding hydrogens is 436 g/mol. The van der Waals surface area contributed by atoms with Gasteiger partial charge in [-0.3, -0.25) is 14.5 Å². The van der Waals surface area contributed by atoms with Crippen LogP contribution >= 0.6 is 11.3 Å². The average molecular weight is 469 g/mol. The Morgan fingerprint density at radius 2 is 1.91 bits per heavy atom. The molecule has 0 spiro atoms. The van der Waals surface area contributed by atoms with Crippen molar-refractivity contribution < 1.29 is 14.3 Å². The van der Waals surface area contributed by atoms with Crippen molar-refractivity contribution in [2.24, 2.45) is 11.0 Å². The number of hydrazone groups is 1. The first kappa shape index (κ1) is 23.6. The van der Waals surface area contributed by atoms with Crippen LogP contribution in [-0.4, -0.2) is 78.3 Å². The maximum absolute atomic E-state index is 13.5. The fourth-order valence-electron chi connectivity index (χ4n) is 4.22. The lowest BCUT2D eigenvalue weighted by Gasteiger charge is -2.31. The second kappa shape index (κ2) is 11.0. The Morgan fingerprint density at radius 1 is 1.15 bits per heavy atom. The Balaban J connectivity index is 1.51. The summed E-state index contributed by atoms with van der Waals surface area (Å²) in [5.74, 6) is -0.322. The normalized spacial score (nSPS) is 19.1. The lowest BCUT2D eigenvalue weighted by molar-refractivity contribution is -0.143. The van der Waals surface area contributed by atoms with Crippen molar-refractivity contribution in [3.63, 3.8) is 0 Å². The molecule has 176 valence electrons. The number of ether oxygens (including phenoxy) is 1. The first-order chi connectivity index (χ1) is 16.0. The Hall–Kier alpha value is -2.55. The number of morpholine rings is 1. The summed E-state index contributed by atoms with van der Waals surface area (Å²) < 4.78 is 5.42. The zero-order chi connectivity index (χ0) is 23.2. The van der Waals surface area contributed by atoms with E-state index < -0.39 is 0 Å². The highest BCUT2D eigenvalue weighted by Gasteiger charge is 2.35. The number of thiophene rings is 1. The summed E-state index contributed by atoms with van der Waals surface area (Å²) in [4.78, 5) is 31.5. The molecule has 0 saturated carbocycles. The summed E-state index contributed by atoms with van der Waals surface area (Å²) in [6.45, 7) is 8.19. The van der Waals surface area contributed by atoms with E-state index >= 15 is 0 Å². The third-order valence-electron chi connectivity index (χ3n) is 6.08. The number of carbonyl (C=O) groups is 2. The molecule has 2 aromatic rings. The number of hydrogen-bond acceptors (Lipinski definition) is 6. The standard InChI is InChI=1S/C25H32N4O3S/c1-19(2)25(31)28(11-10-27-12-14-32-15-13-27)18-24(30)29-22(20-7-4-3-5-8-20)17-21(26-29)23-9-6-16-33-23/h3-9,16,19,22H,10-15,17-18H2,1-2H3. The van der Waals surface area contributed by atoms with E-state index in [4.69, 9.17) is 9.84 Å². The number of hydrogen-bond donors (Lipinski definition) is 0. The van der Waals surface area contributed by atoms with Crippen LogP contribution in [0.1, 0.15) is 36.8 Å². The van der Waals surface area contributed by atoms with E-state index in [2.05, 4.69) is 4.90 Å². The van der Waals surface area contributed by atoms with Crippen LogP contribution in [0.5, 0.6) is 0 Å². The Kier molecular flexibility index (Phi) is 7.90. The average Bonchev–Trinajstić information content (AvgIpc) is 3.52. The van der Waals surface area contributed by atoms with Gasteiger partial charge in [0.25, 0.3) is 5.91 Å². The van der Waals surface area contributed by atoms with Crippen LogP contribution in [0.15, 0.2) is 52.9 Å². The van der Waals surface area contributed by atoms with Crippen molar-refractivity contribution in [3.05, 3.63) is 58.3 Å². The highest BCUT2D eigenvalue weighted by atomic mass is 32.1. The van der Waals surface area contributed by atoms with Crippen LogP contribution in [-0.2, 0) is 14.3 Å². The molecule has 1 saturated heterocycles. The first-order valence-corrected chi connectivity index (χ1v) is 12.5. The first-order valence-electron chi connectivity index (χ1n) is 11.6. The SMILES string of the molecule is CC(C)C(=O)N(CCN1CCOCC1)CC(=O)N1N=C(c2cccs2)CC1c1ccccc1. The zero-order valence-corrected chi connectivity index (χ0v) is 20.2. The topological polar surface area (TPSA) is 65.5 Å². The molecule has 1 aromatic heterocycles. The third kappa shape index (κ3) is 5.88. The lowest BCUT2D eigenvalue weighted by Crippen LogP contribution is -2.47. The Bertz CT molecular complexity index is 955. The fourth-order valence-corrected chi connectivity index (χ4v) is 4.94.